The van der Waals surface area contributed by atoms with E-state index in [-0.39, 0.29) is 5.91 Å². The first-order valence-electron chi connectivity index (χ1n) is 10.3. The van der Waals surface area contributed by atoms with Crippen molar-refractivity contribution in [2.24, 2.45) is 12.0 Å². The van der Waals surface area contributed by atoms with Crippen molar-refractivity contribution in [2.45, 2.75) is 39.2 Å². The lowest BCUT2D eigenvalue weighted by Gasteiger charge is -2.06. The van der Waals surface area contributed by atoms with Gasteiger partial charge in [-0.1, -0.05) is 13.0 Å². The predicted octanol–water partition coefficient (Wildman–Crippen LogP) is 3.97. The number of carbonyl (C=O) groups excluding carboxylic acids is 1. The van der Waals surface area contributed by atoms with Crippen molar-refractivity contribution >= 4 is 17.8 Å². The quantitative estimate of drug-likeness (QED) is 0.574. The molecule has 1 aliphatic carbocycles. The summed E-state index contributed by atoms with van der Waals surface area (Å²) in [5.74, 6) is 1.97. The molecule has 1 aromatic carbocycles. The van der Waals surface area contributed by atoms with Crippen LogP contribution in [0.15, 0.2) is 45.9 Å². The molecule has 0 spiro atoms. The van der Waals surface area contributed by atoms with Gasteiger partial charge in [-0.3, -0.25) is 9.48 Å². The third-order valence-corrected chi connectivity index (χ3v) is 5.13. The number of nitrogens with zero attached hydrogens (tertiary/aromatic N) is 3. The van der Waals surface area contributed by atoms with E-state index in [1.807, 2.05) is 25.1 Å². The smallest absolute Gasteiger partial charge is 0.271 e. The van der Waals surface area contributed by atoms with Gasteiger partial charge in [0.25, 0.3) is 5.91 Å². The van der Waals surface area contributed by atoms with Crippen LogP contribution in [0.3, 0.4) is 0 Å². The van der Waals surface area contributed by atoms with E-state index >= 15 is 0 Å². The van der Waals surface area contributed by atoms with Gasteiger partial charge in [-0.2, -0.15) is 5.10 Å². The van der Waals surface area contributed by atoms with Crippen molar-refractivity contribution in [3.8, 4) is 5.75 Å². The van der Waals surface area contributed by atoms with Crippen molar-refractivity contribution in [3.63, 3.8) is 0 Å². The van der Waals surface area contributed by atoms with Crippen molar-refractivity contribution in [1.82, 2.24) is 15.1 Å². The average molecular weight is 406 g/mol. The van der Waals surface area contributed by atoms with Crippen LogP contribution in [0.2, 0.25) is 0 Å². The number of furan rings is 1. The number of aryl methyl sites for hydroxylation is 3. The van der Waals surface area contributed by atoms with E-state index < -0.39 is 0 Å². The topological polar surface area (TPSA) is 81.7 Å². The highest BCUT2D eigenvalue weighted by molar-refractivity contribution is 5.98. The molecule has 3 aromatic rings. The maximum atomic E-state index is 12.3. The summed E-state index contributed by atoms with van der Waals surface area (Å²) in [6, 6.07) is 10.00. The van der Waals surface area contributed by atoms with E-state index in [4.69, 9.17) is 9.15 Å². The summed E-state index contributed by atoms with van der Waals surface area (Å²) < 4.78 is 13.2. The molecule has 0 saturated heterocycles. The summed E-state index contributed by atoms with van der Waals surface area (Å²) >= 11 is 0. The number of carbonyl (C=O) groups is 1. The monoisotopic (exact) mass is 406 g/mol. The molecular weight excluding hydrogens is 380 g/mol. The van der Waals surface area contributed by atoms with E-state index in [9.17, 15) is 4.79 Å². The van der Waals surface area contributed by atoms with Crippen LogP contribution in [0.5, 0.6) is 5.75 Å². The average Bonchev–Trinajstić information content (AvgIpc) is 3.48. The lowest BCUT2D eigenvalue weighted by atomic mass is 10.1. The van der Waals surface area contributed by atoms with Crippen LogP contribution in [0.4, 0.5) is 5.69 Å². The maximum Gasteiger partial charge on any atom is 0.271 e. The summed E-state index contributed by atoms with van der Waals surface area (Å²) in [7, 11) is 1.72. The molecule has 2 heterocycles. The molecule has 0 radical (unpaired) electrons. The number of fused-ring (bicyclic) bond motifs is 1. The third kappa shape index (κ3) is 4.45. The Balaban J connectivity index is 1.39. The molecule has 0 bridgehead atoms. The lowest BCUT2D eigenvalue weighted by molar-refractivity contribution is 0.0945. The zero-order valence-electron chi connectivity index (χ0n) is 17.4. The molecule has 1 amide bonds. The minimum atomic E-state index is -0.188. The van der Waals surface area contributed by atoms with Crippen LogP contribution < -0.4 is 10.1 Å². The van der Waals surface area contributed by atoms with Gasteiger partial charge >= 0.3 is 0 Å². The third-order valence-electron chi connectivity index (χ3n) is 5.13. The van der Waals surface area contributed by atoms with Gasteiger partial charge in [0.1, 0.15) is 29.6 Å². The standard InChI is InChI=1S/C23H26N4O3/c1-3-11-24-23(28)22-21(14-26-27(22)2)25-13-19-9-10-20(30-19)15-29-18-8-7-16-5-4-6-17(16)12-18/h7-10,12-14H,3-6,11,15H2,1-2H3,(H,24,28). The number of ether oxygens (including phenoxy) is 1. The minimum absolute atomic E-state index is 0.188. The Kier molecular flexibility index (Phi) is 5.97. The minimum Gasteiger partial charge on any atom is -0.486 e. The fourth-order valence-corrected chi connectivity index (χ4v) is 3.57. The Bertz CT molecular complexity index is 1060. The van der Waals surface area contributed by atoms with Crippen LogP contribution in [0.25, 0.3) is 0 Å². The van der Waals surface area contributed by atoms with Crippen molar-refractivity contribution < 1.29 is 13.9 Å². The second-order valence-electron chi connectivity index (χ2n) is 7.39. The van der Waals surface area contributed by atoms with Crippen molar-refractivity contribution in [3.05, 3.63) is 64.9 Å². The normalized spacial score (nSPS) is 13.0. The number of hydrogen-bond donors (Lipinski definition) is 1. The molecule has 0 fully saturated rings. The van der Waals surface area contributed by atoms with Gasteiger partial charge in [0.15, 0.2) is 5.69 Å². The molecule has 0 unspecified atom stereocenters. The Labute approximate surface area is 175 Å². The zero-order chi connectivity index (χ0) is 20.9. The van der Waals surface area contributed by atoms with Gasteiger partial charge in [-0.15, -0.1) is 0 Å². The summed E-state index contributed by atoms with van der Waals surface area (Å²) in [5, 5.41) is 6.99. The van der Waals surface area contributed by atoms with Gasteiger partial charge in [-0.25, -0.2) is 4.99 Å². The largest absolute Gasteiger partial charge is 0.486 e. The summed E-state index contributed by atoms with van der Waals surface area (Å²) in [5.41, 5.74) is 3.73. The SMILES string of the molecule is CCCNC(=O)c1c(N=Cc2ccc(COc3ccc4c(c3)CCC4)o2)cnn1C. The summed E-state index contributed by atoms with van der Waals surface area (Å²) in [6.45, 7) is 2.97. The fourth-order valence-electron chi connectivity index (χ4n) is 3.57. The van der Waals surface area contributed by atoms with Gasteiger partial charge in [0.05, 0.1) is 12.4 Å². The van der Waals surface area contributed by atoms with Gasteiger partial charge in [0.2, 0.25) is 0 Å². The molecule has 4 rings (SSSR count). The van der Waals surface area contributed by atoms with Gasteiger partial charge < -0.3 is 14.5 Å². The highest BCUT2D eigenvalue weighted by Crippen LogP contribution is 2.26. The van der Waals surface area contributed by atoms with Crippen LogP contribution in [-0.4, -0.2) is 28.4 Å². The Morgan fingerprint density at radius 2 is 2.17 bits per heavy atom. The number of rotatable bonds is 8. The Morgan fingerprint density at radius 1 is 1.30 bits per heavy atom. The van der Waals surface area contributed by atoms with E-state index in [0.717, 1.165) is 25.0 Å². The first kappa shape index (κ1) is 19.9. The van der Waals surface area contributed by atoms with Crippen molar-refractivity contribution in [1.29, 1.82) is 0 Å². The van der Waals surface area contributed by atoms with Crippen molar-refractivity contribution in [2.75, 3.05) is 6.54 Å². The Hall–Kier alpha value is -3.35. The van der Waals surface area contributed by atoms with Gasteiger partial charge in [0, 0.05) is 13.6 Å². The van der Waals surface area contributed by atoms with E-state index in [1.54, 1.807) is 19.5 Å². The predicted molar refractivity (Wildman–Crippen MR) is 115 cm³/mol. The Morgan fingerprint density at radius 3 is 3.03 bits per heavy atom. The molecule has 7 nitrogen and oxygen atoms in total. The van der Waals surface area contributed by atoms with Crippen LogP contribution in [0.1, 0.15) is 52.9 Å². The van der Waals surface area contributed by atoms with Crippen LogP contribution >= 0.6 is 0 Å². The van der Waals surface area contributed by atoms with E-state index in [1.165, 1.54) is 22.2 Å². The number of aliphatic imine (C=N–C) groups is 1. The maximum absolute atomic E-state index is 12.3. The zero-order valence-corrected chi connectivity index (χ0v) is 17.4. The highest BCUT2D eigenvalue weighted by Gasteiger charge is 2.16. The molecule has 7 heteroatoms. The van der Waals surface area contributed by atoms with E-state index in [0.29, 0.717) is 36.1 Å². The molecule has 30 heavy (non-hydrogen) atoms. The van der Waals surface area contributed by atoms with E-state index in [2.05, 4.69) is 27.5 Å². The number of aromatic nitrogens is 2. The molecule has 0 atom stereocenters. The second-order valence-corrected chi connectivity index (χ2v) is 7.39. The van der Waals surface area contributed by atoms with Gasteiger partial charge in [-0.05, 0) is 61.1 Å². The molecule has 1 N–H and O–H groups in total. The molecule has 0 saturated carbocycles. The van der Waals surface area contributed by atoms with Crippen LogP contribution in [0, 0.1) is 0 Å². The summed E-state index contributed by atoms with van der Waals surface area (Å²) in [4.78, 5) is 16.7. The fraction of sp³-hybridized carbons (Fsp3) is 0.348. The first-order valence-corrected chi connectivity index (χ1v) is 10.3. The molecule has 0 aliphatic heterocycles. The number of nitrogens with one attached hydrogen (secondary N) is 1. The number of hydrogen-bond acceptors (Lipinski definition) is 5. The summed E-state index contributed by atoms with van der Waals surface area (Å²) in [6.07, 6.45) is 7.53. The second kappa shape index (κ2) is 8.98. The molecular formula is C23H26N4O3. The number of amides is 1. The lowest BCUT2D eigenvalue weighted by Crippen LogP contribution is -2.26. The highest BCUT2D eigenvalue weighted by atomic mass is 16.5. The van der Waals surface area contributed by atoms with Crippen LogP contribution in [-0.2, 0) is 26.5 Å². The first-order chi connectivity index (χ1) is 14.6. The molecule has 1 aliphatic rings. The molecule has 2 aromatic heterocycles. The number of benzene rings is 1. The molecule has 156 valence electrons.